The largest absolute Gasteiger partial charge is 0.460 e. The Morgan fingerprint density at radius 2 is 1.29 bits per heavy atom. The van der Waals surface area contributed by atoms with Crippen molar-refractivity contribution in [3.05, 3.63) is 12.7 Å². The van der Waals surface area contributed by atoms with Gasteiger partial charge in [0.1, 0.15) is 13.2 Å². The Bertz CT molecular complexity index is 520. The van der Waals surface area contributed by atoms with Crippen LogP contribution in [0.4, 0.5) is 0 Å². The highest BCUT2D eigenvalue weighted by molar-refractivity contribution is 6.01. The first-order valence-corrected chi connectivity index (χ1v) is 8.71. The van der Waals surface area contributed by atoms with Gasteiger partial charge in [-0.3, -0.25) is 9.59 Å². The molecule has 1 aliphatic heterocycles. The van der Waals surface area contributed by atoms with E-state index in [0.717, 1.165) is 6.08 Å². The Morgan fingerprint density at radius 3 is 1.79 bits per heavy atom. The molecule has 0 atom stereocenters. The summed E-state index contributed by atoms with van der Waals surface area (Å²) in [5, 5.41) is 0.469. The Labute approximate surface area is 162 Å². The number of carbonyl (C=O) groups is 4. The fourth-order valence-electron chi connectivity index (χ4n) is 1.86. The molecule has 0 spiro atoms. The van der Waals surface area contributed by atoms with Gasteiger partial charge in [-0.25, -0.2) is 9.59 Å². The molecular weight excluding hydrogens is 378 g/mol. The molecule has 11 heteroatoms. The minimum absolute atomic E-state index is 0.0418. The monoisotopic (exact) mass is 403 g/mol. The lowest BCUT2D eigenvalue weighted by Gasteiger charge is -2.12. The van der Waals surface area contributed by atoms with E-state index in [1.54, 1.807) is 0 Å². The molecule has 0 aliphatic carbocycles. The summed E-state index contributed by atoms with van der Waals surface area (Å²) in [7, 11) is 0. The molecule has 0 radical (unpaired) electrons. The third-order valence-electron chi connectivity index (χ3n) is 3.17. The van der Waals surface area contributed by atoms with Crippen molar-refractivity contribution in [3.8, 4) is 0 Å². The molecule has 1 fully saturated rings. The molecule has 1 rings (SSSR count). The quantitative estimate of drug-likeness (QED) is 0.142. The fourth-order valence-corrected chi connectivity index (χ4v) is 1.86. The summed E-state index contributed by atoms with van der Waals surface area (Å²) in [6, 6.07) is 0. The maximum Gasteiger partial charge on any atom is 0.358 e. The SMILES string of the molecule is C=CC(=O)OCCOCCOCCOCCOCC(=O)ON1C(=O)CCC1=O. The number of nitrogens with zero attached hydrogens (tertiary/aromatic N) is 1. The van der Waals surface area contributed by atoms with Crippen molar-refractivity contribution >= 4 is 23.8 Å². The first-order chi connectivity index (χ1) is 13.5. The molecule has 28 heavy (non-hydrogen) atoms. The number of rotatable bonds is 16. The maximum absolute atomic E-state index is 11.4. The van der Waals surface area contributed by atoms with Crippen molar-refractivity contribution in [1.82, 2.24) is 5.06 Å². The summed E-state index contributed by atoms with van der Waals surface area (Å²) in [5.41, 5.74) is 0. The molecule has 0 aromatic rings. The molecule has 0 N–H and O–H groups in total. The lowest BCUT2D eigenvalue weighted by atomic mass is 10.4. The number of esters is 1. The van der Waals surface area contributed by atoms with Gasteiger partial charge in [0.25, 0.3) is 11.8 Å². The van der Waals surface area contributed by atoms with Crippen molar-refractivity contribution < 1.29 is 47.7 Å². The van der Waals surface area contributed by atoms with E-state index >= 15 is 0 Å². The van der Waals surface area contributed by atoms with Gasteiger partial charge in [0.15, 0.2) is 0 Å². The predicted molar refractivity (Wildman–Crippen MR) is 91.6 cm³/mol. The van der Waals surface area contributed by atoms with E-state index in [-0.39, 0.29) is 39.3 Å². The van der Waals surface area contributed by atoms with Crippen LogP contribution in [0.1, 0.15) is 12.8 Å². The molecular formula is C17H25NO10. The van der Waals surface area contributed by atoms with Crippen molar-refractivity contribution in [1.29, 1.82) is 0 Å². The van der Waals surface area contributed by atoms with E-state index in [1.165, 1.54) is 0 Å². The second-order valence-corrected chi connectivity index (χ2v) is 5.31. The van der Waals surface area contributed by atoms with Crippen LogP contribution in [0.15, 0.2) is 12.7 Å². The molecule has 0 unspecified atom stereocenters. The Hall–Kier alpha value is -2.34. The van der Waals surface area contributed by atoms with Crippen LogP contribution in [0, 0.1) is 0 Å². The van der Waals surface area contributed by atoms with E-state index in [9.17, 15) is 19.2 Å². The Morgan fingerprint density at radius 1 is 0.821 bits per heavy atom. The van der Waals surface area contributed by atoms with Crippen LogP contribution < -0.4 is 0 Å². The van der Waals surface area contributed by atoms with E-state index < -0.39 is 30.4 Å². The molecule has 0 bridgehead atoms. The minimum Gasteiger partial charge on any atom is -0.460 e. The van der Waals surface area contributed by atoms with Crippen LogP contribution in [0.2, 0.25) is 0 Å². The summed E-state index contributed by atoms with van der Waals surface area (Å²) in [4.78, 5) is 49.4. The standard InChI is InChI=1S/C17H25NO10/c1-2-16(21)27-12-11-25-8-7-23-5-6-24-9-10-26-13-17(22)28-18-14(19)3-4-15(18)20/h2H,1,3-13H2. The minimum atomic E-state index is -0.828. The second kappa shape index (κ2) is 14.7. The summed E-state index contributed by atoms with van der Waals surface area (Å²) in [6.45, 7) is 5.12. The van der Waals surface area contributed by atoms with E-state index in [0.29, 0.717) is 31.5 Å². The fraction of sp³-hybridized carbons (Fsp3) is 0.647. The van der Waals surface area contributed by atoms with Gasteiger partial charge in [-0.05, 0) is 0 Å². The number of hydrogen-bond donors (Lipinski definition) is 0. The first kappa shape index (κ1) is 23.7. The lowest BCUT2D eigenvalue weighted by molar-refractivity contribution is -0.200. The van der Waals surface area contributed by atoms with Gasteiger partial charge in [-0.2, -0.15) is 0 Å². The van der Waals surface area contributed by atoms with Crippen LogP contribution in [-0.4, -0.2) is 88.3 Å². The van der Waals surface area contributed by atoms with Crippen molar-refractivity contribution in [2.45, 2.75) is 12.8 Å². The summed E-state index contributed by atoms with van der Waals surface area (Å²) in [6.07, 6.45) is 1.17. The van der Waals surface area contributed by atoms with Crippen LogP contribution in [0.3, 0.4) is 0 Å². The third kappa shape index (κ3) is 10.7. The summed E-state index contributed by atoms with van der Waals surface area (Å²) >= 11 is 0. The normalized spacial score (nSPS) is 13.6. The van der Waals surface area contributed by atoms with Gasteiger partial charge in [-0.1, -0.05) is 6.58 Å². The number of hydroxylamine groups is 2. The predicted octanol–water partition coefficient (Wildman–Crippen LogP) is -0.611. The summed E-state index contributed by atoms with van der Waals surface area (Å²) < 4.78 is 25.4. The zero-order valence-electron chi connectivity index (χ0n) is 15.6. The first-order valence-electron chi connectivity index (χ1n) is 8.71. The molecule has 11 nitrogen and oxygen atoms in total. The van der Waals surface area contributed by atoms with Crippen molar-refractivity contribution in [2.75, 3.05) is 59.5 Å². The van der Waals surface area contributed by atoms with Gasteiger partial charge in [0.05, 0.1) is 46.2 Å². The topological polar surface area (TPSA) is 127 Å². The average molecular weight is 403 g/mol. The second-order valence-electron chi connectivity index (χ2n) is 5.31. The van der Waals surface area contributed by atoms with Crippen molar-refractivity contribution in [3.63, 3.8) is 0 Å². The van der Waals surface area contributed by atoms with Crippen LogP contribution in [0.5, 0.6) is 0 Å². The van der Waals surface area contributed by atoms with Crippen LogP contribution >= 0.6 is 0 Å². The molecule has 1 saturated heterocycles. The van der Waals surface area contributed by atoms with E-state index in [4.69, 9.17) is 23.7 Å². The number of ether oxygens (including phenoxy) is 5. The van der Waals surface area contributed by atoms with Crippen LogP contribution in [0.25, 0.3) is 0 Å². The molecule has 158 valence electrons. The highest BCUT2D eigenvalue weighted by Gasteiger charge is 2.32. The highest BCUT2D eigenvalue weighted by Crippen LogP contribution is 2.11. The number of amides is 2. The number of imide groups is 1. The van der Waals surface area contributed by atoms with Crippen molar-refractivity contribution in [2.24, 2.45) is 0 Å². The number of hydrogen-bond acceptors (Lipinski definition) is 10. The maximum atomic E-state index is 11.4. The van der Waals surface area contributed by atoms with Gasteiger partial charge < -0.3 is 28.5 Å². The molecule has 0 saturated carbocycles. The zero-order valence-corrected chi connectivity index (χ0v) is 15.6. The van der Waals surface area contributed by atoms with Gasteiger partial charge in [-0.15, -0.1) is 5.06 Å². The highest BCUT2D eigenvalue weighted by atomic mass is 16.7. The van der Waals surface area contributed by atoms with E-state index in [2.05, 4.69) is 11.4 Å². The van der Waals surface area contributed by atoms with Gasteiger partial charge in [0.2, 0.25) is 0 Å². The Balaban J connectivity index is 1.82. The van der Waals surface area contributed by atoms with Gasteiger partial charge >= 0.3 is 11.9 Å². The molecule has 1 aliphatic rings. The average Bonchev–Trinajstić information content (AvgIpc) is 2.99. The molecule has 0 aromatic heterocycles. The third-order valence-corrected chi connectivity index (χ3v) is 3.17. The smallest absolute Gasteiger partial charge is 0.358 e. The lowest BCUT2D eigenvalue weighted by Crippen LogP contribution is -2.33. The number of carbonyl (C=O) groups excluding carboxylic acids is 4. The summed E-state index contributed by atoms with van der Waals surface area (Å²) in [5.74, 6) is -2.40. The molecule has 1 heterocycles. The van der Waals surface area contributed by atoms with Crippen LogP contribution in [-0.2, 0) is 47.7 Å². The van der Waals surface area contributed by atoms with Gasteiger partial charge in [0, 0.05) is 18.9 Å². The zero-order chi connectivity index (χ0) is 20.6. The molecule has 2 amide bonds. The van der Waals surface area contributed by atoms with E-state index in [1.807, 2.05) is 0 Å². The Kier molecular flexibility index (Phi) is 12.4. The molecule has 0 aromatic carbocycles.